The van der Waals surface area contributed by atoms with Crippen molar-refractivity contribution in [2.24, 2.45) is 0 Å². The van der Waals surface area contributed by atoms with E-state index in [0.717, 1.165) is 25.7 Å². The van der Waals surface area contributed by atoms with E-state index in [9.17, 15) is 8.42 Å². The summed E-state index contributed by atoms with van der Waals surface area (Å²) in [6, 6.07) is -0.150. The van der Waals surface area contributed by atoms with Crippen LogP contribution in [0.3, 0.4) is 0 Å². The molecule has 1 aromatic heterocycles. The minimum absolute atomic E-state index is 0.0126. The summed E-state index contributed by atoms with van der Waals surface area (Å²) in [6.45, 7) is 3.10. The fourth-order valence-electron chi connectivity index (χ4n) is 2.81. The predicted octanol–water partition coefficient (Wildman–Crippen LogP) is 0.801. The predicted molar refractivity (Wildman–Crippen MR) is 80.2 cm³/mol. The zero-order valence-electron chi connectivity index (χ0n) is 12.4. The summed E-state index contributed by atoms with van der Waals surface area (Å²) >= 11 is 0. The highest BCUT2D eigenvalue weighted by Gasteiger charge is 2.35. The van der Waals surface area contributed by atoms with Crippen LogP contribution in [0.4, 0.5) is 5.82 Å². The Kier molecular flexibility index (Phi) is 5.23. The van der Waals surface area contributed by atoms with Gasteiger partial charge in [0, 0.05) is 31.9 Å². The van der Waals surface area contributed by atoms with Crippen molar-refractivity contribution in [1.29, 1.82) is 0 Å². The van der Waals surface area contributed by atoms with Gasteiger partial charge in [0.15, 0.2) is 5.82 Å². The van der Waals surface area contributed by atoms with Gasteiger partial charge >= 0.3 is 0 Å². The second-order valence-electron chi connectivity index (χ2n) is 5.42. The number of sulfonamides is 1. The van der Waals surface area contributed by atoms with Crippen LogP contribution in [-0.2, 0) is 16.6 Å². The van der Waals surface area contributed by atoms with Crippen LogP contribution in [0, 0.1) is 0 Å². The number of aliphatic hydroxyl groups is 1. The van der Waals surface area contributed by atoms with Gasteiger partial charge in [0.1, 0.15) is 4.90 Å². The summed E-state index contributed by atoms with van der Waals surface area (Å²) in [5, 5.41) is 13.2. The van der Waals surface area contributed by atoms with E-state index in [1.54, 1.807) is 4.68 Å². The summed E-state index contributed by atoms with van der Waals surface area (Å²) in [5.74, 6) is 0.0526. The number of anilines is 1. The summed E-state index contributed by atoms with van der Waals surface area (Å²) in [4.78, 5) is 0.0841. The van der Waals surface area contributed by atoms with Gasteiger partial charge < -0.3 is 10.8 Å². The lowest BCUT2D eigenvalue weighted by Crippen LogP contribution is -2.44. The van der Waals surface area contributed by atoms with Crippen molar-refractivity contribution in [1.82, 2.24) is 14.1 Å². The van der Waals surface area contributed by atoms with Crippen molar-refractivity contribution in [2.45, 2.75) is 56.5 Å². The molecule has 1 aromatic rings. The second kappa shape index (κ2) is 6.76. The van der Waals surface area contributed by atoms with Gasteiger partial charge in [-0.2, -0.15) is 9.40 Å². The molecule has 0 amide bonds. The molecular weight excluding hydrogens is 292 g/mol. The van der Waals surface area contributed by atoms with E-state index in [0.29, 0.717) is 19.5 Å². The van der Waals surface area contributed by atoms with Gasteiger partial charge in [0.05, 0.1) is 0 Å². The van der Waals surface area contributed by atoms with Crippen LogP contribution in [-0.4, -0.2) is 46.8 Å². The van der Waals surface area contributed by atoms with Crippen LogP contribution in [0.1, 0.15) is 39.0 Å². The monoisotopic (exact) mass is 316 g/mol. The molecule has 2 heterocycles. The van der Waals surface area contributed by atoms with Gasteiger partial charge in [-0.15, -0.1) is 0 Å². The minimum atomic E-state index is -3.65. The Labute approximate surface area is 125 Å². The van der Waals surface area contributed by atoms with E-state index >= 15 is 0 Å². The van der Waals surface area contributed by atoms with Crippen molar-refractivity contribution < 1.29 is 13.5 Å². The highest BCUT2D eigenvalue weighted by atomic mass is 32.2. The lowest BCUT2D eigenvalue weighted by atomic mass is 10.0. The third-order valence-electron chi connectivity index (χ3n) is 3.83. The SMILES string of the molecule is CCCn1cc(S(=O)(=O)N2CCCCC2CCO)c(N)n1. The quantitative estimate of drug-likeness (QED) is 0.808. The molecule has 21 heavy (non-hydrogen) atoms. The molecule has 0 aliphatic carbocycles. The van der Waals surface area contributed by atoms with Crippen molar-refractivity contribution in [3.8, 4) is 0 Å². The average Bonchev–Trinajstić information content (AvgIpc) is 2.82. The van der Waals surface area contributed by atoms with Crippen LogP contribution in [0.5, 0.6) is 0 Å². The van der Waals surface area contributed by atoms with Crippen molar-refractivity contribution in [2.75, 3.05) is 18.9 Å². The third kappa shape index (κ3) is 3.38. The first-order valence-electron chi connectivity index (χ1n) is 7.46. The van der Waals surface area contributed by atoms with Crippen molar-refractivity contribution in [3.05, 3.63) is 6.20 Å². The van der Waals surface area contributed by atoms with Crippen LogP contribution in [0.15, 0.2) is 11.1 Å². The summed E-state index contributed by atoms with van der Waals surface area (Å²) in [5.41, 5.74) is 5.80. The minimum Gasteiger partial charge on any atom is -0.396 e. The van der Waals surface area contributed by atoms with Crippen LogP contribution >= 0.6 is 0 Å². The Bertz CT molecular complexity index is 568. The van der Waals surface area contributed by atoms with Crippen LogP contribution < -0.4 is 5.73 Å². The van der Waals surface area contributed by atoms with Gasteiger partial charge in [-0.25, -0.2) is 8.42 Å². The number of hydrogen-bond donors (Lipinski definition) is 2. The molecule has 0 bridgehead atoms. The molecule has 1 fully saturated rings. The molecule has 3 N–H and O–H groups in total. The van der Waals surface area contributed by atoms with E-state index < -0.39 is 10.0 Å². The fourth-order valence-corrected chi connectivity index (χ4v) is 4.60. The third-order valence-corrected chi connectivity index (χ3v) is 5.80. The molecule has 0 spiro atoms. The Morgan fingerprint density at radius 2 is 2.24 bits per heavy atom. The van der Waals surface area contributed by atoms with Crippen molar-refractivity contribution in [3.63, 3.8) is 0 Å². The summed E-state index contributed by atoms with van der Waals surface area (Å²) < 4.78 is 28.7. The molecule has 0 radical (unpaired) electrons. The largest absolute Gasteiger partial charge is 0.396 e. The smallest absolute Gasteiger partial charge is 0.248 e. The molecular formula is C13H24N4O3S. The van der Waals surface area contributed by atoms with Gasteiger partial charge in [0.25, 0.3) is 0 Å². The number of hydrogen-bond acceptors (Lipinski definition) is 5. The Morgan fingerprint density at radius 1 is 1.48 bits per heavy atom. The molecule has 2 rings (SSSR count). The maximum absolute atomic E-state index is 12.8. The van der Waals surface area contributed by atoms with Gasteiger partial charge in [-0.3, -0.25) is 4.68 Å². The number of piperidine rings is 1. The first-order valence-corrected chi connectivity index (χ1v) is 8.90. The number of nitrogens with two attached hydrogens (primary N) is 1. The second-order valence-corrected chi connectivity index (χ2v) is 7.28. The van der Waals surface area contributed by atoms with Crippen LogP contribution in [0.25, 0.3) is 0 Å². The lowest BCUT2D eigenvalue weighted by molar-refractivity contribution is 0.192. The molecule has 1 saturated heterocycles. The standard InChI is InChI=1S/C13H24N4O3S/c1-2-7-16-10-12(13(14)15-16)21(19,20)17-8-4-3-5-11(17)6-9-18/h10-11,18H,2-9H2,1H3,(H2,14,15). The van der Waals surface area contributed by atoms with E-state index in [1.165, 1.54) is 10.5 Å². The Morgan fingerprint density at radius 3 is 2.90 bits per heavy atom. The van der Waals surface area contributed by atoms with E-state index in [4.69, 9.17) is 10.8 Å². The first kappa shape index (κ1) is 16.3. The van der Waals surface area contributed by atoms with E-state index in [-0.39, 0.29) is 23.4 Å². The topological polar surface area (TPSA) is 101 Å². The van der Waals surface area contributed by atoms with Crippen LogP contribution in [0.2, 0.25) is 0 Å². The van der Waals surface area contributed by atoms with E-state index in [2.05, 4.69) is 5.10 Å². The molecule has 120 valence electrons. The zero-order chi connectivity index (χ0) is 15.5. The zero-order valence-corrected chi connectivity index (χ0v) is 13.2. The highest BCUT2D eigenvalue weighted by Crippen LogP contribution is 2.29. The molecule has 1 unspecified atom stereocenters. The Balaban J connectivity index is 2.31. The number of nitrogen functional groups attached to an aromatic ring is 1. The van der Waals surface area contributed by atoms with E-state index in [1.807, 2.05) is 6.92 Å². The molecule has 7 nitrogen and oxygen atoms in total. The number of nitrogens with zero attached hydrogens (tertiary/aromatic N) is 3. The first-order chi connectivity index (χ1) is 10.0. The molecule has 1 atom stereocenters. The number of rotatable bonds is 6. The van der Waals surface area contributed by atoms with Crippen molar-refractivity contribution >= 4 is 15.8 Å². The Hall–Kier alpha value is -1.12. The lowest BCUT2D eigenvalue weighted by Gasteiger charge is -2.34. The molecule has 0 aromatic carbocycles. The summed E-state index contributed by atoms with van der Waals surface area (Å²) in [7, 11) is -3.65. The molecule has 1 aliphatic heterocycles. The maximum Gasteiger partial charge on any atom is 0.248 e. The number of aromatic nitrogens is 2. The molecule has 8 heteroatoms. The average molecular weight is 316 g/mol. The normalized spacial score (nSPS) is 20.8. The molecule has 0 saturated carbocycles. The number of aryl methyl sites for hydroxylation is 1. The number of aliphatic hydroxyl groups excluding tert-OH is 1. The highest BCUT2D eigenvalue weighted by molar-refractivity contribution is 7.89. The summed E-state index contributed by atoms with van der Waals surface area (Å²) in [6.07, 6.45) is 5.44. The fraction of sp³-hybridized carbons (Fsp3) is 0.769. The van der Waals surface area contributed by atoms with Gasteiger partial charge in [0.2, 0.25) is 10.0 Å². The molecule has 1 aliphatic rings. The van der Waals surface area contributed by atoms with Gasteiger partial charge in [-0.1, -0.05) is 13.3 Å². The van der Waals surface area contributed by atoms with Gasteiger partial charge in [-0.05, 0) is 25.7 Å². The maximum atomic E-state index is 12.8.